The zero-order chi connectivity index (χ0) is 15.4. The first kappa shape index (κ1) is 15.0. The fourth-order valence-corrected chi connectivity index (χ4v) is 2.30. The van der Waals surface area contributed by atoms with Crippen LogP contribution in [0.4, 0.5) is 4.39 Å². The molecule has 0 N–H and O–H groups in total. The molecule has 1 aromatic rings. The highest BCUT2D eigenvalue weighted by atomic mass is 19.1. The first-order chi connectivity index (χ1) is 10.0. The molecule has 1 fully saturated rings. The van der Waals surface area contributed by atoms with Crippen LogP contribution in [0.1, 0.15) is 24.5 Å². The molecule has 0 saturated carbocycles. The van der Waals surface area contributed by atoms with E-state index in [1.165, 1.54) is 23.1 Å². The summed E-state index contributed by atoms with van der Waals surface area (Å²) >= 11 is 0. The van der Waals surface area contributed by atoms with Gasteiger partial charge in [0.25, 0.3) is 0 Å². The lowest BCUT2D eigenvalue weighted by atomic mass is 10.1. The Balaban J connectivity index is 2.09. The van der Waals surface area contributed by atoms with Gasteiger partial charge in [0, 0.05) is 13.1 Å². The molecule has 1 aliphatic heterocycles. The number of carbonyl (C=O) groups excluding carboxylic acids is 2. The van der Waals surface area contributed by atoms with Crippen molar-refractivity contribution in [1.29, 1.82) is 5.26 Å². The summed E-state index contributed by atoms with van der Waals surface area (Å²) in [6.07, 6.45) is 0.808. The fraction of sp³-hybridized carbons (Fsp3) is 0.400. The largest absolute Gasteiger partial charge is 0.332 e. The number of nitrogens with zero attached hydrogens (tertiary/aromatic N) is 3. The lowest BCUT2D eigenvalue weighted by Crippen LogP contribution is -2.53. The monoisotopic (exact) mass is 289 g/mol. The summed E-state index contributed by atoms with van der Waals surface area (Å²) in [5.74, 6) is -0.804. The van der Waals surface area contributed by atoms with E-state index in [2.05, 4.69) is 0 Å². The van der Waals surface area contributed by atoms with Crippen molar-refractivity contribution in [2.24, 2.45) is 0 Å². The van der Waals surface area contributed by atoms with Gasteiger partial charge in [0.1, 0.15) is 18.4 Å². The maximum atomic E-state index is 13.3. The highest BCUT2D eigenvalue weighted by Crippen LogP contribution is 2.14. The van der Waals surface area contributed by atoms with Crippen LogP contribution in [0, 0.1) is 17.1 Å². The molecule has 1 heterocycles. The van der Waals surface area contributed by atoms with Crippen LogP contribution in [0.2, 0.25) is 0 Å². The number of halogens is 1. The van der Waals surface area contributed by atoms with Crippen molar-refractivity contribution in [1.82, 2.24) is 9.80 Å². The highest BCUT2D eigenvalue weighted by molar-refractivity contribution is 5.92. The summed E-state index contributed by atoms with van der Waals surface area (Å²) in [7, 11) is 0. The molecule has 0 bridgehead atoms. The lowest BCUT2D eigenvalue weighted by molar-refractivity contribution is -0.150. The molecule has 21 heavy (non-hydrogen) atoms. The molecule has 6 heteroatoms. The Morgan fingerprint density at radius 2 is 1.90 bits per heavy atom. The fourth-order valence-electron chi connectivity index (χ4n) is 2.30. The number of hydrogen-bond acceptors (Lipinski definition) is 3. The van der Waals surface area contributed by atoms with Crippen LogP contribution < -0.4 is 0 Å². The van der Waals surface area contributed by atoms with Gasteiger partial charge >= 0.3 is 0 Å². The summed E-state index contributed by atoms with van der Waals surface area (Å²) in [5, 5.41) is 8.81. The average molecular weight is 289 g/mol. The van der Waals surface area contributed by atoms with E-state index >= 15 is 0 Å². The highest BCUT2D eigenvalue weighted by Gasteiger charge is 2.29. The lowest BCUT2D eigenvalue weighted by Gasteiger charge is -2.33. The third-order valence-electron chi connectivity index (χ3n) is 3.38. The number of piperazine rings is 1. The minimum absolute atomic E-state index is 0.0259. The van der Waals surface area contributed by atoms with Gasteiger partial charge in [-0.05, 0) is 24.1 Å². The third kappa shape index (κ3) is 3.37. The van der Waals surface area contributed by atoms with E-state index in [0.717, 1.165) is 6.42 Å². The Kier molecular flexibility index (Phi) is 4.53. The normalized spacial score (nSPS) is 15.3. The second kappa shape index (κ2) is 6.35. The van der Waals surface area contributed by atoms with Crippen molar-refractivity contribution in [3.05, 3.63) is 35.1 Å². The van der Waals surface area contributed by atoms with Gasteiger partial charge in [0.05, 0.1) is 12.1 Å². The molecule has 0 atom stereocenters. The molecule has 2 rings (SSSR count). The summed E-state index contributed by atoms with van der Waals surface area (Å²) in [4.78, 5) is 27.0. The molecule has 0 aromatic heterocycles. The Labute approximate surface area is 122 Å². The zero-order valence-corrected chi connectivity index (χ0v) is 11.8. The average Bonchev–Trinajstić information content (AvgIpc) is 2.46. The van der Waals surface area contributed by atoms with Gasteiger partial charge in [0.2, 0.25) is 11.8 Å². The predicted molar refractivity (Wildman–Crippen MR) is 73.4 cm³/mol. The minimum Gasteiger partial charge on any atom is -0.332 e. The van der Waals surface area contributed by atoms with Gasteiger partial charge < -0.3 is 9.80 Å². The number of benzene rings is 1. The molecule has 5 nitrogen and oxygen atoms in total. The summed E-state index contributed by atoms with van der Waals surface area (Å²) in [5.41, 5.74) is 0.578. The molecule has 1 aromatic carbocycles. The van der Waals surface area contributed by atoms with Crippen molar-refractivity contribution < 1.29 is 14.0 Å². The van der Waals surface area contributed by atoms with Crippen molar-refractivity contribution >= 4 is 11.8 Å². The van der Waals surface area contributed by atoms with Gasteiger partial charge in [-0.1, -0.05) is 13.0 Å². The Bertz CT molecular complexity index is 609. The SMILES string of the molecule is CCCN1CC(=O)N(Cc2ccc(F)c(C#N)c2)CC1=O. The molecular weight excluding hydrogens is 273 g/mol. The summed E-state index contributed by atoms with van der Waals surface area (Å²) < 4.78 is 13.3. The minimum atomic E-state index is -0.587. The molecule has 1 saturated heterocycles. The van der Waals surface area contributed by atoms with Crippen LogP contribution in [0.15, 0.2) is 18.2 Å². The zero-order valence-electron chi connectivity index (χ0n) is 11.8. The topological polar surface area (TPSA) is 64.4 Å². The van der Waals surface area contributed by atoms with E-state index in [4.69, 9.17) is 5.26 Å². The van der Waals surface area contributed by atoms with E-state index in [1.807, 2.05) is 6.92 Å². The number of nitriles is 1. The summed E-state index contributed by atoms with van der Waals surface area (Å²) in [6, 6.07) is 5.89. The predicted octanol–water partition coefficient (Wildman–Crippen LogP) is 1.28. The number of hydrogen-bond donors (Lipinski definition) is 0. The Morgan fingerprint density at radius 1 is 1.24 bits per heavy atom. The quantitative estimate of drug-likeness (QED) is 0.838. The van der Waals surface area contributed by atoms with Crippen LogP contribution in [0.5, 0.6) is 0 Å². The number of amides is 2. The second-order valence-electron chi connectivity index (χ2n) is 4.99. The molecule has 0 spiro atoms. The molecule has 1 aliphatic rings. The maximum Gasteiger partial charge on any atom is 0.242 e. The standard InChI is InChI=1S/C15H16FN3O2/c1-2-5-18-9-15(21)19(10-14(18)20)8-11-3-4-13(16)12(6-11)7-17/h3-4,6H,2,5,8-10H2,1H3. The van der Waals surface area contributed by atoms with Crippen molar-refractivity contribution in [3.8, 4) is 6.07 Å². The van der Waals surface area contributed by atoms with E-state index in [-0.39, 0.29) is 37.0 Å². The first-order valence-corrected chi connectivity index (χ1v) is 6.79. The first-order valence-electron chi connectivity index (χ1n) is 6.79. The van der Waals surface area contributed by atoms with Gasteiger partial charge in [-0.3, -0.25) is 9.59 Å². The maximum absolute atomic E-state index is 13.3. The van der Waals surface area contributed by atoms with Gasteiger partial charge in [-0.2, -0.15) is 5.26 Å². The number of carbonyl (C=O) groups is 2. The van der Waals surface area contributed by atoms with Crippen molar-refractivity contribution in [2.45, 2.75) is 19.9 Å². The molecule has 2 amide bonds. The van der Waals surface area contributed by atoms with Crippen LogP contribution >= 0.6 is 0 Å². The molecule has 0 aliphatic carbocycles. The Morgan fingerprint density at radius 3 is 2.57 bits per heavy atom. The smallest absolute Gasteiger partial charge is 0.242 e. The molecular formula is C15H16FN3O2. The van der Waals surface area contributed by atoms with E-state index in [1.54, 1.807) is 11.0 Å². The molecule has 0 unspecified atom stereocenters. The molecule has 0 radical (unpaired) electrons. The van der Waals surface area contributed by atoms with Crippen LogP contribution in [-0.2, 0) is 16.1 Å². The van der Waals surface area contributed by atoms with Crippen LogP contribution in [-0.4, -0.2) is 41.2 Å². The Hall–Kier alpha value is -2.42. The second-order valence-corrected chi connectivity index (χ2v) is 4.99. The molecule has 110 valence electrons. The van der Waals surface area contributed by atoms with Crippen molar-refractivity contribution in [3.63, 3.8) is 0 Å². The van der Waals surface area contributed by atoms with Crippen molar-refractivity contribution in [2.75, 3.05) is 19.6 Å². The van der Waals surface area contributed by atoms with E-state index < -0.39 is 5.82 Å². The van der Waals surface area contributed by atoms with Gasteiger partial charge in [-0.25, -0.2) is 4.39 Å². The van der Waals surface area contributed by atoms with Gasteiger partial charge in [-0.15, -0.1) is 0 Å². The van der Waals surface area contributed by atoms with Gasteiger partial charge in [0.15, 0.2) is 0 Å². The van der Waals surface area contributed by atoms with Crippen LogP contribution in [0.25, 0.3) is 0 Å². The van der Waals surface area contributed by atoms with Crippen LogP contribution in [0.3, 0.4) is 0 Å². The summed E-state index contributed by atoms with van der Waals surface area (Å²) in [6.45, 7) is 2.84. The van der Waals surface area contributed by atoms with E-state index in [9.17, 15) is 14.0 Å². The van der Waals surface area contributed by atoms with E-state index in [0.29, 0.717) is 12.1 Å². The number of rotatable bonds is 4. The third-order valence-corrected chi connectivity index (χ3v) is 3.38.